The van der Waals surface area contributed by atoms with E-state index in [2.05, 4.69) is 15.9 Å². The number of hydrogen-bond donors (Lipinski definition) is 0. The van der Waals surface area contributed by atoms with E-state index in [1.54, 1.807) is 14.0 Å². The summed E-state index contributed by atoms with van der Waals surface area (Å²) in [4.78, 5) is 11.3. The fourth-order valence-corrected chi connectivity index (χ4v) is 2.30. The highest BCUT2D eigenvalue weighted by molar-refractivity contribution is 9.09. The number of alkyl halides is 1. The van der Waals surface area contributed by atoms with Crippen molar-refractivity contribution in [3.8, 4) is 5.75 Å². The lowest BCUT2D eigenvalue weighted by atomic mass is 10.0. The number of halogens is 1. The minimum atomic E-state index is -0.432. The standard InChI is InChI=1S/C15H15BrO3/c1-3-19-15(17)14(16)12-5-4-11-9-13(18-2)7-6-10(11)8-12/h4-9,14H,3H2,1-2H3. The molecule has 0 aliphatic carbocycles. The highest BCUT2D eigenvalue weighted by atomic mass is 79.9. The van der Waals surface area contributed by atoms with Crippen molar-refractivity contribution in [3.63, 3.8) is 0 Å². The zero-order chi connectivity index (χ0) is 13.8. The third-order valence-electron chi connectivity index (χ3n) is 2.86. The van der Waals surface area contributed by atoms with Crippen LogP contribution in [0.15, 0.2) is 36.4 Å². The zero-order valence-electron chi connectivity index (χ0n) is 10.9. The highest BCUT2D eigenvalue weighted by Gasteiger charge is 2.18. The molecule has 0 aromatic heterocycles. The van der Waals surface area contributed by atoms with Crippen molar-refractivity contribution < 1.29 is 14.3 Å². The molecule has 0 aliphatic rings. The summed E-state index contributed by atoms with van der Waals surface area (Å²) in [7, 11) is 1.64. The Kier molecular flexibility index (Phi) is 4.43. The lowest BCUT2D eigenvalue weighted by Gasteiger charge is -2.10. The molecular weight excluding hydrogens is 308 g/mol. The van der Waals surface area contributed by atoms with Crippen LogP contribution < -0.4 is 4.74 Å². The molecule has 2 rings (SSSR count). The van der Waals surface area contributed by atoms with E-state index in [4.69, 9.17) is 9.47 Å². The third-order valence-corrected chi connectivity index (χ3v) is 3.76. The number of carbonyl (C=O) groups is 1. The van der Waals surface area contributed by atoms with Gasteiger partial charge >= 0.3 is 5.97 Å². The Morgan fingerprint density at radius 1 is 1.21 bits per heavy atom. The Morgan fingerprint density at radius 2 is 1.89 bits per heavy atom. The fraction of sp³-hybridized carbons (Fsp3) is 0.267. The molecule has 3 nitrogen and oxygen atoms in total. The van der Waals surface area contributed by atoms with Crippen molar-refractivity contribution in [2.75, 3.05) is 13.7 Å². The molecule has 1 atom stereocenters. The lowest BCUT2D eigenvalue weighted by Crippen LogP contribution is -2.10. The van der Waals surface area contributed by atoms with Gasteiger partial charge in [0.2, 0.25) is 0 Å². The van der Waals surface area contributed by atoms with Crippen LogP contribution in [0.5, 0.6) is 5.75 Å². The van der Waals surface area contributed by atoms with Gasteiger partial charge < -0.3 is 9.47 Å². The third kappa shape index (κ3) is 3.07. The number of esters is 1. The first-order valence-electron chi connectivity index (χ1n) is 6.04. The van der Waals surface area contributed by atoms with Crippen molar-refractivity contribution in [1.82, 2.24) is 0 Å². The van der Waals surface area contributed by atoms with Crippen LogP contribution in [0, 0.1) is 0 Å². The summed E-state index contributed by atoms with van der Waals surface area (Å²) in [5.74, 6) is 0.552. The molecule has 0 spiro atoms. The molecule has 2 aromatic rings. The average molecular weight is 323 g/mol. The van der Waals surface area contributed by atoms with E-state index in [1.807, 2.05) is 36.4 Å². The predicted octanol–water partition coefficient (Wildman–Crippen LogP) is 3.85. The first-order chi connectivity index (χ1) is 9.15. The minimum absolute atomic E-state index is 0.268. The van der Waals surface area contributed by atoms with Crippen LogP contribution in [-0.2, 0) is 9.53 Å². The van der Waals surface area contributed by atoms with Crippen molar-refractivity contribution in [2.45, 2.75) is 11.8 Å². The Hall–Kier alpha value is -1.55. The SMILES string of the molecule is CCOC(=O)C(Br)c1ccc2cc(OC)ccc2c1. The number of carbonyl (C=O) groups excluding carboxylic acids is 1. The van der Waals surface area contributed by atoms with Gasteiger partial charge in [-0.1, -0.05) is 34.1 Å². The molecule has 0 N–H and O–H groups in total. The summed E-state index contributed by atoms with van der Waals surface area (Å²) in [5.41, 5.74) is 0.885. The maximum Gasteiger partial charge on any atom is 0.324 e. The normalized spacial score (nSPS) is 12.2. The maximum absolute atomic E-state index is 11.7. The van der Waals surface area contributed by atoms with Crippen LogP contribution in [0.3, 0.4) is 0 Å². The molecular formula is C15H15BrO3. The van der Waals surface area contributed by atoms with Crippen molar-refractivity contribution in [1.29, 1.82) is 0 Å². The molecule has 100 valence electrons. The zero-order valence-corrected chi connectivity index (χ0v) is 12.4. The molecule has 0 aliphatic heterocycles. The van der Waals surface area contributed by atoms with Crippen molar-refractivity contribution in [3.05, 3.63) is 42.0 Å². The van der Waals surface area contributed by atoms with Crippen LogP contribution in [0.2, 0.25) is 0 Å². The van der Waals surface area contributed by atoms with Gasteiger partial charge in [-0.3, -0.25) is 4.79 Å². The Bertz CT molecular complexity index is 595. The molecule has 0 heterocycles. The predicted molar refractivity (Wildman–Crippen MR) is 78.8 cm³/mol. The van der Waals surface area contributed by atoms with E-state index in [0.29, 0.717) is 6.61 Å². The second-order valence-corrected chi connectivity index (χ2v) is 5.00. The number of hydrogen-bond acceptors (Lipinski definition) is 3. The first kappa shape index (κ1) is 13.9. The van der Waals surface area contributed by atoms with Crippen LogP contribution in [-0.4, -0.2) is 19.7 Å². The molecule has 1 unspecified atom stereocenters. The van der Waals surface area contributed by atoms with E-state index < -0.39 is 4.83 Å². The van der Waals surface area contributed by atoms with Gasteiger partial charge in [-0.05, 0) is 41.5 Å². The maximum atomic E-state index is 11.7. The Labute approximate surface area is 120 Å². The number of methoxy groups -OCH3 is 1. The average Bonchev–Trinajstić information content (AvgIpc) is 2.45. The number of rotatable bonds is 4. The molecule has 2 aromatic carbocycles. The lowest BCUT2D eigenvalue weighted by molar-refractivity contribution is -0.142. The molecule has 0 bridgehead atoms. The summed E-state index contributed by atoms with van der Waals surface area (Å²) in [5, 5.41) is 2.14. The highest BCUT2D eigenvalue weighted by Crippen LogP contribution is 2.29. The molecule has 0 radical (unpaired) electrons. The van der Waals surface area contributed by atoms with Crippen LogP contribution >= 0.6 is 15.9 Å². The fourth-order valence-electron chi connectivity index (χ4n) is 1.88. The molecule has 0 fully saturated rings. The van der Waals surface area contributed by atoms with Crippen LogP contribution in [0.25, 0.3) is 10.8 Å². The van der Waals surface area contributed by atoms with Gasteiger partial charge in [0.25, 0.3) is 0 Å². The summed E-state index contributed by atoms with van der Waals surface area (Å²) in [6.07, 6.45) is 0. The van der Waals surface area contributed by atoms with Gasteiger partial charge in [0, 0.05) is 0 Å². The van der Waals surface area contributed by atoms with Gasteiger partial charge in [-0.25, -0.2) is 0 Å². The molecule has 19 heavy (non-hydrogen) atoms. The van der Waals surface area contributed by atoms with Crippen LogP contribution in [0.4, 0.5) is 0 Å². The van der Waals surface area contributed by atoms with Gasteiger partial charge in [-0.15, -0.1) is 0 Å². The van der Waals surface area contributed by atoms with Gasteiger partial charge in [0.05, 0.1) is 13.7 Å². The van der Waals surface area contributed by atoms with Crippen molar-refractivity contribution in [2.24, 2.45) is 0 Å². The smallest absolute Gasteiger partial charge is 0.324 e. The van der Waals surface area contributed by atoms with Gasteiger partial charge in [0.1, 0.15) is 10.6 Å². The van der Waals surface area contributed by atoms with E-state index >= 15 is 0 Å². The monoisotopic (exact) mass is 322 g/mol. The summed E-state index contributed by atoms with van der Waals surface area (Å²) in [6, 6.07) is 11.7. The van der Waals surface area contributed by atoms with E-state index in [0.717, 1.165) is 22.1 Å². The Morgan fingerprint density at radius 3 is 2.58 bits per heavy atom. The second-order valence-electron chi connectivity index (χ2n) is 4.09. The largest absolute Gasteiger partial charge is 0.497 e. The van der Waals surface area contributed by atoms with Crippen LogP contribution in [0.1, 0.15) is 17.3 Å². The summed E-state index contributed by atoms with van der Waals surface area (Å²) in [6.45, 7) is 2.18. The number of benzene rings is 2. The molecule has 0 saturated carbocycles. The first-order valence-corrected chi connectivity index (χ1v) is 6.95. The van der Waals surface area contributed by atoms with Gasteiger partial charge in [-0.2, -0.15) is 0 Å². The minimum Gasteiger partial charge on any atom is -0.497 e. The summed E-state index contributed by atoms with van der Waals surface area (Å²) >= 11 is 3.37. The second kappa shape index (κ2) is 6.06. The van der Waals surface area contributed by atoms with E-state index in [-0.39, 0.29) is 5.97 Å². The number of fused-ring (bicyclic) bond motifs is 1. The quantitative estimate of drug-likeness (QED) is 0.633. The molecule has 0 saturated heterocycles. The van der Waals surface area contributed by atoms with Crippen molar-refractivity contribution >= 4 is 32.7 Å². The topological polar surface area (TPSA) is 35.5 Å². The Balaban J connectivity index is 2.33. The van der Waals surface area contributed by atoms with Gasteiger partial charge in [0.15, 0.2) is 0 Å². The van der Waals surface area contributed by atoms with E-state index in [1.165, 1.54) is 0 Å². The molecule has 0 amide bonds. The summed E-state index contributed by atoms with van der Waals surface area (Å²) < 4.78 is 10.2. The van der Waals surface area contributed by atoms with E-state index in [9.17, 15) is 4.79 Å². The molecule has 4 heteroatoms. The number of ether oxygens (including phenoxy) is 2.